The van der Waals surface area contributed by atoms with Gasteiger partial charge in [0.2, 0.25) is 5.91 Å². The molecule has 0 aromatic carbocycles. The van der Waals surface area contributed by atoms with Crippen molar-refractivity contribution in [3.63, 3.8) is 0 Å². The summed E-state index contributed by atoms with van der Waals surface area (Å²) >= 11 is 0. The molecule has 1 heterocycles. The first kappa shape index (κ1) is 17.3. The third-order valence-corrected chi connectivity index (χ3v) is 4.49. The van der Waals surface area contributed by atoms with Crippen LogP contribution in [0, 0.1) is 5.41 Å². The molecule has 0 aliphatic carbocycles. The number of likely N-dealkylation sites (tertiary alicyclic amines) is 1. The van der Waals surface area contributed by atoms with Crippen LogP contribution in [0.2, 0.25) is 0 Å². The van der Waals surface area contributed by atoms with Gasteiger partial charge >= 0.3 is 12.0 Å². The van der Waals surface area contributed by atoms with Gasteiger partial charge in [0.15, 0.2) is 0 Å². The summed E-state index contributed by atoms with van der Waals surface area (Å²) in [6.45, 7) is 6.97. The van der Waals surface area contributed by atoms with E-state index in [1.807, 2.05) is 0 Å². The van der Waals surface area contributed by atoms with Gasteiger partial charge in [-0.1, -0.05) is 0 Å². The highest BCUT2D eigenvalue weighted by Gasteiger charge is 2.44. The maximum absolute atomic E-state index is 12.1. The number of nitrogens with one attached hydrogen (secondary N) is 2. The van der Waals surface area contributed by atoms with Crippen LogP contribution in [0.5, 0.6) is 0 Å². The second kappa shape index (κ2) is 5.91. The topological polar surface area (TPSA) is 98.7 Å². The maximum atomic E-state index is 12.1. The van der Waals surface area contributed by atoms with Crippen molar-refractivity contribution in [3.05, 3.63) is 0 Å². The van der Waals surface area contributed by atoms with Gasteiger partial charge in [-0.2, -0.15) is 0 Å². The van der Waals surface area contributed by atoms with Crippen LogP contribution in [0.3, 0.4) is 0 Å². The standard InChI is InChI=1S/C14H25N3O4/c1-13(2,11(19)20)14(3,4)16-12(21)15-9-6-7-10(18)17(5)8-9/h9H,6-8H2,1-5H3,(H,19,20)(H2,15,16,21). The Morgan fingerprint density at radius 1 is 1.29 bits per heavy atom. The summed E-state index contributed by atoms with van der Waals surface area (Å²) in [7, 11) is 1.70. The summed E-state index contributed by atoms with van der Waals surface area (Å²) in [6, 6.07) is -0.529. The van der Waals surface area contributed by atoms with Crippen molar-refractivity contribution in [1.82, 2.24) is 15.5 Å². The number of amides is 3. The van der Waals surface area contributed by atoms with Gasteiger partial charge in [-0.05, 0) is 34.1 Å². The van der Waals surface area contributed by atoms with Crippen molar-refractivity contribution < 1.29 is 19.5 Å². The number of carboxylic acid groups (broad SMARTS) is 1. The first-order chi connectivity index (χ1) is 9.47. The number of carboxylic acids is 1. The van der Waals surface area contributed by atoms with Crippen molar-refractivity contribution in [2.24, 2.45) is 5.41 Å². The Morgan fingerprint density at radius 3 is 2.33 bits per heavy atom. The van der Waals surface area contributed by atoms with Crippen molar-refractivity contribution in [3.8, 4) is 0 Å². The van der Waals surface area contributed by atoms with Crippen molar-refractivity contribution >= 4 is 17.9 Å². The molecule has 0 aromatic rings. The first-order valence-corrected chi connectivity index (χ1v) is 7.03. The van der Waals surface area contributed by atoms with Crippen LogP contribution in [0.4, 0.5) is 4.79 Å². The minimum atomic E-state index is -1.11. The van der Waals surface area contributed by atoms with E-state index in [1.165, 1.54) is 0 Å². The zero-order valence-electron chi connectivity index (χ0n) is 13.3. The van der Waals surface area contributed by atoms with E-state index >= 15 is 0 Å². The smallest absolute Gasteiger partial charge is 0.315 e. The molecule has 0 bridgehead atoms. The normalized spacial score (nSPS) is 20.1. The van der Waals surface area contributed by atoms with Gasteiger partial charge in [-0.25, -0.2) is 4.79 Å². The lowest BCUT2D eigenvalue weighted by molar-refractivity contribution is -0.150. The second-order valence-electron chi connectivity index (χ2n) is 6.66. The molecule has 1 unspecified atom stereocenters. The number of piperidine rings is 1. The first-order valence-electron chi connectivity index (χ1n) is 7.03. The molecule has 1 aliphatic heterocycles. The summed E-state index contributed by atoms with van der Waals surface area (Å²) in [6.07, 6.45) is 1.00. The highest BCUT2D eigenvalue weighted by Crippen LogP contribution is 2.30. The monoisotopic (exact) mass is 299 g/mol. The van der Waals surface area contributed by atoms with E-state index in [1.54, 1.807) is 39.6 Å². The summed E-state index contributed by atoms with van der Waals surface area (Å²) in [5.74, 6) is -0.906. The molecule has 7 heteroatoms. The van der Waals surface area contributed by atoms with Crippen LogP contribution in [-0.2, 0) is 9.59 Å². The van der Waals surface area contributed by atoms with Gasteiger partial charge in [-0.3, -0.25) is 9.59 Å². The van der Waals surface area contributed by atoms with Crippen LogP contribution in [0.25, 0.3) is 0 Å². The molecule has 7 nitrogen and oxygen atoms in total. The molecule has 1 aliphatic rings. The van der Waals surface area contributed by atoms with Gasteiger partial charge in [0.25, 0.3) is 0 Å². The Morgan fingerprint density at radius 2 is 1.86 bits per heavy atom. The number of hydrogen-bond donors (Lipinski definition) is 3. The minimum absolute atomic E-state index is 0.0702. The fourth-order valence-electron chi connectivity index (χ4n) is 2.06. The van der Waals surface area contributed by atoms with E-state index in [9.17, 15) is 19.5 Å². The second-order valence-corrected chi connectivity index (χ2v) is 6.66. The quantitative estimate of drug-likeness (QED) is 0.715. The molecule has 0 spiro atoms. The van der Waals surface area contributed by atoms with Gasteiger partial charge in [0.05, 0.1) is 11.0 Å². The van der Waals surface area contributed by atoms with E-state index in [-0.39, 0.29) is 11.9 Å². The van der Waals surface area contributed by atoms with E-state index in [4.69, 9.17) is 0 Å². The van der Waals surface area contributed by atoms with Crippen LogP contribution in [-0.4, -0.2) is 53.1 Å². The third-order valence-electron chi connectivity index (χ3n) is 4.49. The highest BCUT2D eigenvalue weighted by atomic mass is 16.4. The van der Waals surface area contributed by atoms with Gasteiger partial charge in [-0.15, -0.1) is 0 Å². The molecular formula is C14H25N3O4. The predicted molar refractivity (Wildman–Crippen MR) is 77.8 cm³/mol. The van der Waals surface area contributed by atoms with Crippen LogP contribution in [0.15, 0.2) is 0 Å². The highest BCUT2D eigenvalue weighted by molar-refractivity contribution is 5.80. The Balaban J connectivity index is 2.61. The molecule has 0 saturated carbocycles. The molecule has 1 saturated heterocycles. The third kappa shape index (κ3) is 3.86. The Bertz CT molecular complexity index is 446. The predicted octanol–water partition coefficient (Wildman–Crippen LogP) is 0.796. The number of nitrogens with zero attached hydrogens (tertiary/aromatic N) is 1. The molecule has 21 heavy (non-hydrogen) atoms. The largest absolute Gasteiger partial charge is 0.481 e. The zero-order valence-corrected chi connectivity index (χ0v) is 13.3. The van der Waals surface area contributed by atoms with E-state index in [2.05, 4.69) is 10.6 Å². The van der Waals surface area contributed by atoms with Crippen LogP contribution >= 0.6 is 0 Å². The SMILES string of the molecule is CN1CC(NC(=O)NC(C)(C)C(C)(C)C(=O)O)CCC1=O. The Hall–Kier alpha value is -1.79. The lowest BCUT2D eigenvalue weighted by Gasteiger charge is -2.39. The lowest BCUT2D eigenvalue weighted by Crippen LogP contribution is -2.61. The molecule has 1 rings (SSSR count). The van der Waals surface area contributed by atoms with Gasteiger partial charge in [0, 0.05) is 26.1 Å². The molecule has 3 amide bonds. The molecule has 120 valence electrons. The molecule has 1 atom stereocenters. The molecule has 0 radical (unpaired) electrons. The van der Waals surface area contributed by atoms with Gasteiger partial charge < -0.3 is 20.6 Å². The molecule has 3 N–H and O–H groups in total. The van der Waals surface area contributed by atoms with Crippen LogP contribution in [0.1, 0.15) is 40.5 Å². The van der Waals surface area contributed by atoms with Crippen LogP contribution < -0.4 is 10.6 Å². The number of carbonyl (C=O) groups is 3. The minimum Gasteiger partial charge on any atom is -0.481 e. The van der Waals surface area contributed by atoms with Crippen molar-refractivity contribution in [2.75, 3.05) is 13.6 Å². The Kier molecular flexibility index (Phi) is 4.86. The number of urea groups is 1. The van der Waals surface area contributed by atoms with Gasteiger partial charge in [0.1, 0.15) is 0 Å². The number of hydrogen-bond acceptors (Lipinski definition) is 3. The fraction of sp³-hybridized carbons (Fsp3) is 0.786. The van der Waals surface area contributed by atoms with Crippen molar-refractivity contribution in [1.29, 1.82) is 0 Å². The number of aliphatic carboxylic acids is 1. The van der Waals surface area contributed by atoms with Crippen molar-refractivity contribution in [2.45, 2.75) is 52.1 Å². The van der Waals surface area contributed by atoms with E-state index in [0.29, 0.717) is 19.4 Å². The summed E-state index contributed by atoms with van der Waals surface area (Å²) in [5, 5.41) is 14.8. The average Bonchev–Trinajstić information content (AvgIpc) is 2.32. The summed E-state index contributed by atoms with van der Waals surface area (Å²) < 4.78 is 0. The molecule has 1 fully saturated rings. The maximum Gasteiger partial charge on any atom is 0.315 e. The summed E-state index contributed by atoms with van der Waals surface area (Å²) in [5.41, 5.74) is -2.02. The zero-order chi connectivity index (χ0) is 16.4. The Labute approximate surface area is 125 Å². The lowest BCUT2D eigenvalue weighted by atomic mass is 9.74. The fourth-order valence-corrected chi connectivity index (χ4v) is 2.06. The average molecular weight is 299 g/mol. The van der Waals surface area contributed by atoms with E-state index in [0.717, 1.165) is 0 Å². The summed E-state index contributed by atoms with van der Waals surface area (Å²) in [4.78, 5) is 36.3. The number of rotatable bonds is 4. The van der Waals surface area contributed by atoms with E-state index < -0.39 is 23.0 Å². The number of carbonyl (C=O) groups excluding carboxylic acids is 2. The molecular weight excluding hydrogens is 274 g/mol. The number of likely N-dealkylation sites (N-methyl/N-ethyl adjacent to an activating group) is 1. The molecule has 0 aromatic heterocycles.